The number of fused-ring (bicyclic) bond motifs is 1. The summed E-state index contributed by atoms with van der Waals surface area (Å²) >= 11 is 0. The van der Waals surface area contributed by atoms with Crippen molar-refractivity contribution >= 4 is 22.6 Å². The van der Waals surface area contributed by atoms with Crippen molar-refractivity contribution in [1.82, 2.24) is 9.97 Å². The molecule has 0 aliphatic rings. The van der Waals surface area contributed by atoms with E-state index in [2.05, 4.69) is 15.3 Å². The Morgan fingerprint density at radius 3 is 2.89 bits per heavy atom. The second-order valence-electron chi connectivity index (χ2n) is 5.15. The van der Waals surface area contributed by atoms with Crippen molar-refractivity contribution in [3.63, 3.8) is 0 Å². The van der Waals surface area contributed by atoms with Gasteiger partial charge in [-0.05, 0) is 32.4 Å². The van der Waals surface area contributed by atoms with Crippen LogP contribution >= 0.6 is 0 Å². The molecule has 0 saturated carbocycles. The highest BCUT2D eigenvalue weighted by Gasteiger charge is 2.19. The van der Waals surface area contributed by atoms with Crippen molar-refractivity contribution in [2.75, 3.05) is 5.32 Å². The number of aliphatic carboxylic acids is 1. The maximum Gasteiger partial charge on any atom is 0.303 e. The number of hydrogen-bond acceptors (Lipinski definition) is 4. The summed E-state index contributed by atoms with van der Waals surface area (Å²) in [6, 6.07) is 3.73. The summed E-state index contributed by atoms with van der Waals surface area (Å²) in [5.41, 5.74) is 1.49. The number of pyridine rings is 2. The third kappa shape index (κ3) is 3.40. The molecule has 2 aromatic rings. The predicted molar refractivity (Wildman–Crippen MR) is 74.1 cm³/mol. The van der Waals surface area contributed by atoms with Crippen LogP contribution in [0.5, 0.6) is 0 Å². The highest BCUT2D eigenvalue weighted by Crippen LogP contribution is 2.25. The van der Waals surface area contributed by atoms with Gasteiger partial charge in [-0.3, -0.25) is 14.8 Å². The molecule has 2 heterocycles. The average molecular weight is 259 g/mol. The van der Waals surface area contributed by atoms with Crippen LogP contribution in [0.1, 0.15) is 26.7 Å². The van der Waals surface area contributed by atoms with Gasteiger partial charge in [0, 0.05) is 41.6 Å². The monoisotopic (exact) mass is 259 g/mol. The molecule has 0 fully saturated rings. The first kappa shape index (κ1) is 13.3. The maximum absolute atomic E-state index is 10.7. The quantitative estimate of drug-likeness (QED) is 0.863. The van der Waals surface area contributed by atoms with E-state index in [0.29, 0.717) is 6.42 Å². The summed E-state index contributed by atoms with van der Waals surface area (Å²) in [7, 11) is 0. The van der Waals surface area contributed by atoms with Gasteiger partial charge in [-0.25, -0.2) is 0 Å². The van der Waals surface area contributed by atoms with Gasteiger partial charge in [0.2, 0.25) is 0 Å². The lowest BCUT2D eigenvalue weighted by atomic mass is 9.97. The van der Waals surface area contributed by atoms with Crippen LogP contribution in [0.25, 0.3) is 10.9 Å². The van der Waals surface area contributed by atoms with E-state index in [-0.39, 0.29) is 12.0 Å². The minimum Gasteiger partial charge on any atom is -0.481 e. The van der Waals surface area contributed by atoms with E-state index in [1.165, 1.54) is 0 Å². The van der Waals surface area contributed by atoms with Gasteiger partial charge in [0.1, 0.15) is 0 Å². The number of hydrogen-bond donors (Lipinski definition) is 2. The second-order valence-corrected chi connectivity index (χ2v) is 5.15. The largest absolute Gasteiger partial charge is 0.481 e. The molecule has 0 unspecified atom stereocenters. The average Bonchev–Trinajstić information content (AvgIpc) is 2.37. The molecule has 0 bridgehead atoms. The molecule has 100 valence electrons. The topological polar surface area (TPSA) is 75.1 Å². The van der Waals surface area contributed by atoms with Crippen molar-refractivity contribution in [2.45, 2.75) is 32.2 Å². The smallest absolute Gasteiger partial charge is 0.303 e. The minimum atomic E-state index is -0.781. The van der Waals surface area contributed by atoms with E-state index in [0.717, 1.165) is 16.6 Å². The Morgan fingerprint density at radius 1 is 1.37 bits per heavy atom. The first-order chi connectivity index (χ1) is 8.98. The number of carboxylic acids is 1. The molecule has 0 radical (unpaired) electrons. The standard InChI is InChI=1S/C14H17N3O2/c1-14(2,6-3-13(18)19)17-12-5-8-16-11-4-7-15-9-10(11)12/h4-5,7-9H,3,6H2,1-2H3,(H,16,17)(H,18,19). The summed E-state index contributed by atoms with van der Waals surface area (Å²) in [6.45, 7) is 3.97. The van der Waals surface area contributed by atoms with Crippen LogP contribution in [-0.4, -0.2) is 26.6 Å². The van der Waals surface area contributed by atoms with E-state index < -0.39 is 5.97 Å². The second kappa shape index (κ2) is 5.22. The van der Waals surface area contributed by atoms with E-state index >= 15 is 0 Å². The molecule has 0 spiro atoms. The Kier molecular flexibility index (Phi) is 3.64. The van der Waals surface area contributed by atoms with Gasteiger partial charge in [-0.15, -0.1) is 0 Å². The zero-order valence-corrected chi connectivity index (χ0v) is 11.1. The van der Waals surface area contributed by atoms with Crippen LogP contribution in [-0.2, 0) is 4.79 Å². The molecular formula is C14H17N3O2. The summed E-state index contributed by atoms with van der Waals surface area (Å²) in [5, 5.41) is 13.1. The molecule has 0 saturated heterocycles. The maximum atomic E-state index is 10.7. The molecule has 2 rings (SSSR count). The van der Waals surface area contributed by atoms with Crippen molar-refractivity contribution in [3.05, 3.63) is 30.7 Å². The van der Waals surface area contributed by atoms with Gasteiger partial charge in [-0.1, -0.05) is 0 Å². The Morgan fingerprint density at radius 2 is 2.16 bits per heavy atom. The Bertz CT molecular complexity index is 591. The molecule has 0 amide bonds. The number of carbonyl (C=O) groups is 1. The molecule has 5 heteroatoms. The van der Waals surface area contributed by atoms with Crippen LogP contribution in [0.15, 0.2) is 30.7 Å². The molecule has 2 N–H and O–H groups in total. The lowest BCUT2D eigenvalue weighted by Gasteiger charge is -2.27. The fraction of sp³-hybridized carbons (Fsp3) is 0.357. The molecule has 2 aromatic heterocycles. The summed E-state index contributed by atoms with van der Waals surface area (Å²) in [5.74, 6) is -0.781. The molecule has 19 heavy (non-hydrogen) atoms. The van der Waals surface area contributed by atoms with Gasteiger partial charge in [-0.2, -0.15) is 0 Å². The van der Waals surface area contributed by atoms with E-state index in [1.807, 2.05) is 26.0 Å². The normalized spacial score (nSPS) is 11.5. The zero-order valence-electron chi connectivity index (χ0n) is 11.1. The molecule has 5 nitrogen and oxygen atoms in total. The number of anilines is 1. The summed E-state index contributed by atoms with van der Waals surface area (Å²) < 4.78 is 0. The van der Waals surface area contributed by atoms with Gasteiger partial charge in [0.05, 0.1) is 5.52 Å². The van der Waals surface area contributed by atoms with Crippen molar-refractivity contribution in [2.24, 2.45) is 0 Å². The first-order valence-electron chi connectivity index (χ1n) is 6.17. The number of nitrogens with zero attached hydrogens (tertiary/aromatic N) is 2. The first-order valence-corrected chi connectivity index (χ1v) is 6.17. The van der Waals surface area contributed by atoms with Gasteiger partial charge >= 0.3 is 5.97 Å². The Labute approximate surface area is 111 Å². The van der Waals surface area contributed by atoms with Gasteiger partial charge < -0.3 is 10.4 Å². The number of aromatic nitrogens is 2. The number of nitrogens with one attached hydrogen (secondary N) is 1. The lowest BCUT2D eigenvalue weighted by molar-refractivity contribution is -0.137. The number of carboxylic acid groups (broad SMARTS) is 1. The fourth-order valence-corrected chi connectivity index (χ4v) is 1.94. The van der Waals surface area contributed by atoms with Crippen LogP contribution < -0.4 is 5.32 Å². The molecular weight excluding hydrogens is 242 g/mol. The predicted octanol–water partition coefficient (Wildman–Crippen LogP) is 2.69. The van der Waals surface area contributed by atoms with Crippen LogP contribution in [0, 0.1) is 0 Å². The third-order valence-corrected chi connectivity index (χ3v) is 2.98. The van der Waals surface area contributed by atoms with Crippen molar-refractivity contribution < 1.29 is 9.90 Å². The van der Waals surface area contributed by atoms with Crippen LogP contribution in [0.2, 0.25) is 0 Å². The fourth-order valence-electron chi connectivity index (χ4n) is 1.94. The van der Waals surface area contributed by atoms with Crippen LogP contribution in [0.3, 0.4) is 0 Å². The SMILES string of the molecule is CC(C)(CCC(=O)O)Nc1ccnc2ccncc12. The molecule has 0 aliphatic carbocycles. The lowest BCUT2D eigenvalue weighted by Crippen LogP contribution is -2.31. The van der Waals surface area contributed by atoms with Crippen molar-refractivity contribution in [3.8, 4) is 0 Å². The van der Waals surface area contributed by atoms with Gasteiger partial charge in [0.25, 0.3) is 0 Å². The van der Waals surface area contributed by atoms with E-state index in [9.17, 15) is 4.79 Å². The minimum absolute atomic E-state index is 0.140. The third-order valence-electron chi connectivity index (χ3n) is 2.98. The Balaban J connectivity index is 2.23. The van der Waals surface area contributed by atoms with Crippen LogP contribution in [0.4, 0.5) is 5.69 Å². The van der Waals surface area contributed by atoms with E-state index in [1.54, 1.807) is 18.6 Å². The number of rotatable bonds is 5. The highest BCUT2D eigenvalue weighted by molar-refractivity contribution is 5.90. The van der Waals surface area contributed by atoms with Gasteiger partial charge in [0.15, 0.2) is 0 Å². The zero-order chi connectivity index (χ0) is 13.9. The Hall–Kier alpha value is -2.17. The molecule has 0 atom stereocenters. The summed E-state index contributed by atoms with van der Waals surface area (Å²) in [4.78, 5) is 19.0. The molecule has 0 aromatic carbocycles. The van der Waals surface area contributed by atoms with E-state index in [4.69, 9.17) is 5.11 Å². The highest BCUT2D eigenvalue weighted by atomic mass is 16.4. The van der Waals surface area contributed by atoms with Crippen molar-refractivity contribution in [1.29, 1.82) is 0 Å². The summed E-state index contributed by atoms with van der Waals surface area (Å²) in [6.07, 6.45) is 5.89. The molecule has 0 aliphatic heterocycles.